The molecule has 2 aromatic carbocycles. The summed E-state index contributed by atoms with van der Waals surface area (Å²) < 4.78 is 11.6. The van der Waals surface area contributed by atoms with Gasteiger partial charge in [0, 0.05) is 23.7 Å². The maximum Gasteiger partial charge on any atom is 0.414 e. The fourth-order valence-electron chi connectivity index (χ4n) is 8.34. The van der Waals surface area contributed by atoms with Gasteiger partial charge in [-0.05, 0) is 84.1 Å². The normalized spacial score (nSPS) is 34.8. The third kappa shape index (κ3) is 4.37. The fraction of sp³-hybridized carbons (Fsp3) is 0.457. The Bertz CT molecular complexity index is 1570. The van der Waals surface area contributed by atoms with E-state index in [1.807, 2.05) is 6.92 Å². The number of anilines is 1. The predicted molar refractivity (Wildman–Crippen MR) is 165 cm³/mol. The van der Waals surface area contributed by atoms with Crippen molar-refractivity contribution in [3.8, 4) is 0 Å². The first-order valence-electron chi connectivity index (χ1n) is 15.0. The Labute approximate surface area is 262 Å². The minimum absolute atomic E-state index is 0.00227. The van der Waals surface area contributed by atoms with Crippen LogP contribution in [0, 0.1) is 34.5 Å². The fourth-order valence-corrected chi connectivity index (χ4v) is 8.46. The summed E-state index contributed by atoms with van der Waals surface area (Å²) in [4.78, 5) is 42.5. The quantitative estimate of drug-likeness (QED) is 0.330. The maximum absolute atomic E-state index is 14.8. The van der Waals surface area contributed by atoms with Gasteiger partial charge in [-0.3, -0.25) is 9.69 Å². The van der Waals surface area contributed by atoms with Crippen LogP contribution >= 0.6 is 11.6 Å². The molecule has 232 valence electrons. The van der Waals surface area contributed by atoms with Crippen molar-refractivity contribution in [2.45, 2.75) is 51.9 Å². The number of rotatable bonds is 5. The summed E-state index contributed by atoms with van der Waals surface area (Å²) in [6.45, 7) is 7.58. The van der Waals surface area contributed by atoms with E-state index in [0.717, 1.165) is 0 Å². The first-order valence-corrected chi connectivity index (χ1v) is 15.4. The lowest BCUT2D eigenvalue weighted by Gasteiger charge is -2.49. The number of ketones is 1. The van der Waals surface area contributed by atoms with Gasteiger partial charge in [-0.25, -0.2) is 9.59 Å². The molecular formula is C35H38ClNO7. The molecule has 1 spiro atoms. The number of aliphatic hydroxyl groups is 2. The van der Waals surface area contributed by atoms with E-state index in [9.17, 15) is 24.6 Å². The molecule has 44 heavy (non-hydrogen) atoms. The molecule has 4 aliphatic carbocycles. The lowest BCUT2D eigenvalue weighted by Crippen LogP contribution is -2.66. The molecule has 8 nitrogen and oxygen atoms in total. The molecule has 8 atom stereocenters. The summed E-state index contributed by atoms with van der Waals surface area (Å²) in [6, 6.07) is 15.1. The molecule has 2 saturated carbocycles. The standard InChI is InChI=1S/C35H38ClNO7/c1-19-17-34-20(2)15-26-27(33(26,3)4)25(29(34)39)16-22(18-43-31(40)21-9-7-6-8-10-21)28(38)35(34,42)30(19)44-32(41)37(5)24-13-11-23(36)12-14-24/h6-14,16-17,20,25-28,30,38,42H,15,18H2,1-5H3/t20-,25+,26?,27+,28-,30+,34+,35+/m1/s1. The van der Waals surface area contributed by atoms with Crippen LogP contribution < -0.4 is 4.90 Å². The molecule has 4 aliphatic rings. The zero-order valence-corrected chi connectivity index (χ0v) is 26.2. The van der Waals surface area contributed by atoms with Crippen molar-refractivity contribution in [1.82, 2.24) is 0 Å². The third-order valence-electron chi connectivity index (χ3n) is 10.8. The number of halogens is 1. The summed E-state index contributed by atoms with van der Waals surface area (Å²) in [5.74, 6) is -1.58. The van der Waals surface area contributed by atoms with Crippen LogP contribution in [0.5, 0.6) is 0 Å². The van der Waals surface area contributed by atoms with Crippen LogP contribution in [0.15, 0.2) is 77.9 Å². The second-order valence-electron chi connectivity index (χ2n) is 13.4. The van der Waals surface area contributed by atoms with Crippen molar-refractivity contribution in [3.05, 3.63) is 88.5 Å². The number of nitrogens with zero attached hydrogens (tertiary/aromatic N) is 1. The molecule has 2 aromatic rings. The molecule has 0 saturated heterocycles. The minimum Gasteiger partial charge on any atom is -0.457 e. The SMILES string of the molecule is CC1=C[C@]23C(=O)[C@@H](C=C(COC(=O)c4ccccc4)[C@@H](O)[C@]2(O)[C@H]1OC(=O)N(C)c1ccc(Cl)cc1)[C@H]1C(C[C@H]3C)C1(C)C. The number of carbonyl (C=O) groups is 3. The van der Waals surface area contributed by atoms with E-state index in [-0.39, 0.29) is 41.1 Å². The zero-order valence-electron chi connectivity index (χ0n) is 25.5. The zero-order chi connectivity index (χ0) is 31.8. The van der Waals surface area contributed by atoms with Crippen molar-refractivity contribution in [2.24, 2.45) is 34.5 Å². The summed E-state index contributed by atoms with van der Waals surface area (Å²) in [6.07, 6.45) is 0.295. The van der Waals surface area contributed by atoms with Crippen LogP contribution in [-0.2, 0) is 14.3 Å². The molecule has 6 rings (SSSR count). The van der Waals surface area contributed by atoms with Gasteiger partial charge in [-0.2, -0.15) is 0 Å². The number of Topliss-reactive ketones (excluding diaryl/α,β-unsaturated/α-hetero) is 1. The van der Waals surface area contributed by atoms with E-state index >= 15 is 0 Å². The molecule has 2 fully saturated rings. The molecule has 2 N–H and O–H groups in total. The highest BCUT2D eigenvalue weighted by Crippen LogP contribution is 2.71. The number of allylic oxidation sites excluding steroid dienone is 1. The topological polar surface area (TPSA) is 113 Å². The predicted octanol–water partition coefficient (Wildman–Crippen LogP) is 5.61. The number of fused-ring (bicyclic) bond motifs is 3. The average Bonchev–Trinajstić information content (AvgIpc) is 3.49. The van der Waals surface area contributed by atoms with Gasteiger partial charge in [0.05, 0.1) is 11.0 Å². The van der Waals surface area contributed by atoms with E-state index in [4.69, 9.17) is 21.1 Å². The first-order chi connectivity index (χ1) is 20.7. The molecule has 0 aliphatic heterocycles. The van der Waals surface area contributed by atoms with Crippen LogP contribution in [0.3, 0.4) is 0 Å². The van der Waals surface area contributed by atoms with Crippen LogP contribution in [0.25, 0.3) is 0 Å². The van der Waals surface area contributed by atoms with E-state index in [1.165, 1.54) is 11.9 Å². The van der Waals surface area contributed by atoms with E-state index < -0.39 is 41.2 Å². The second kappa shape index (κ2) is 10.6. The first kappa shape index (κ1) is 30.6. The number of benzene rings is 2. The Morgan fingerprint density at radius 2 is 1.75 bits per heavy atom. The third-order valence-corrected chi connectivity index (χ3v) is 11.1. The highest BCUT2D eigenvalue weighted by molar-refractivity contribution is 6.30. The van der Waals surface area contributed by atoms with E-state index in [2.05, 4.69) is 13.8 Å². The van der Waals surface area contributed by atoms with Crippen molar-refractivity contribution >= 4 is 35.1 Å². The summed E-state index contributed by atoms with van der Waals surface area (Å²) in [7, 11) is 1.53. The van der Waals surface area contributed by atoms with E-state index in [0.29, 0.717) is 28.3 Å². The van der Waals surface area contributed by atoms with E-state index in [1.54, 1.807) is 73.7 Å². The molecule has 0 aromatic heterocycles. The monoisotopic (exact) mass is 619 g/mol. The Kier molecular flexibility index (Phi) is 7.34. The Balaban J connectivity index is 1.40. The summed E-state index contributed by atoms with van der Waals surface area (Å²) in [5.41, 5.74) is -2.36. The number of ether oxygens (including phenoxy) is 2. The maximum atomic E-state index is 14.8. The highest BCUT2D eigenvalue weighted by Gasteiger charge is 2.76. The molecular weight excluding hydrogens is 582 g/mol. The van der Waals surface area contributed by atoms with Crippen LogP contribution in [0.4, 0.5) is 10.5 Å². The van der Waals surface area contributed by atoms with Gasteiger partial charge in [0.25, 0.3) is 0 Å². The van der Waals surface area contributed by atoms with Crippen molar-refractivity contribution in [2.75, 3.05) is 18.6 Å². The van der Waals surface area contributed by atoms with Gasteiger partial charge in [-0.15, -0.1) is 0 Å². The summed E-state index contributed by atoms with van der Waals surface area (Å²) in [5, 5.41) is 25.5. The van der Waals surface area contributed by atoms with Crippen LogP contribution in [0.2, 0.25) is 5.02 Å². The van der Waals surface area contributed by atoms with Crippen molar-refractivity contribution in [1.29, 1.82) is 0 Å². The molecule has 1 unspecified atom stereocenters. The van der Waals surface area contributed by atoms with Gasteiger partial charge in [0.1, 0.15) is 12.7 Å². The molecule has 1 amide bonds. The number of amides is 1. The summed E-state index contributed by atoms with van der Waals surface area (Å²) >= 11 is 6.02. The van der Waals surface area contributed by atoms with Gasteiger partial charge >= 0.3 is 12.1 Å². The van der Waals surface area contributed by atoms with Gasteiger partial charge in [0.15, 0.2) is 17.5 Å². The lowest BCUT2D eigenvalue weighted by atomic mass is 9.59. The number of carbonyl (C=O) groups excluding carboxylic acids is 3. The average molecular weight is 620 g/mol. The minimum atomic E-state index is -2.25. The highest BCUT2D eigenvalue weighted by atomic mass is 35.5. The molecule has 0 heterocycles. The Morgan fingerprint density at radius 1 is 1.09 bits per heavy atom. The van der Waals surface area contributed by atoms with Crippen LogP contribution in [0.1, 0.15) is 44.5 Å². The molecule has 9 heteroatoms. The van der Waals surface area contributed by atoms with Gasteiger partial charge in [-0.1, -0.05) is 62.7 Å². The smallest absolute Gasteiger partial charge is 0.414 e. The number of esters is 1. The van der Waals surface area contributed by atoms with Crippen molar-refractivity contribution in [3.63, 3.8) is 0 Å². The van der Waals surface area contributed by atoms with Crippen LogP contribution in [-0.4, -0.2) is 59.5 Å². The van der Waals surface area contributed by atoms with Gasteiger partial charge in [0.2, 0.25) is 0 Å². The van der Waals surface area contributed by atoms with Gasteiger partial charge < -0.3 is 19.7 Å². The largest absolute Gasteiger partial charge is 0.457 e. The van der Waals surface area contributed by atoms with Crippen molar-refractivity contribution < 1.29 is 34.1 Å². The lowest BCUT2D eigenvalue weighted by molar-refractivity contribution is -0.189. The second-order valence-corrected chi connectivity index (χ2v) is 13.9. The Morgan fingerprint density at radius 3 is 2.41 bits per heavy atom. The molecule has 0 radical (unpaired) electrons. The number of hydrogen-bond donors (Lipinski definition) is 2. The Hall–Kier alpha value is -3.46. The molecule has 2 bridgehead atoms. The number of aliphatic hydroxyl groups excluding tert-OH is 1. The number of hydrogen-bond acceptors (Lipinski definition) is 7.